The molecule has 0 unspecified atom stereocenters. The topological polar surface area (TPSA) is 57.8 Å². The molecule has 0 aliphatic carbocycles. The number of carbonyl (C=O) groups excluding carboxylic acids is 1. The number of benzene rings is 1. The number of hydrogen-bond donors (Lipinski definition) is 2. The van der Waals surface area contributed by atoms with Gasteiger partial charge < -0.3 is 10.3 Å². The van der Waals surface area contributed by atoms with E-state index in [-0.39, 0.29) is 5.91 Å². The Morgan fingerprint density at radius 2 is 2.14 bits per heavy atom. The van der Waals surface area contributed by atoms with Crippen molar-refractivity contribution >= 4 is 28.3 Å². The molecule has 0 saturated heterocycles. The van der Waals surface area contributed by atoms with E-state index >= 15 is 0 Å². The molecule has 0 saturated carbocycles. The highest BCUT2D eigenvalue weighted by atomic mass is 32.1. The lowest BCUT2D eigenvalue weighted by Crippen LogP contribution is -2.23. The molecule has 2 aromatic heterocycles. The van der Waals surface area contributed by atoms with Crippen molar-refractivity contribution in [3.63, 3.8) is 0 Å². The smallest absolute Gasteiger partial charge is 0.261 e. The predicted molar refractivity (Wildman–Crippen MR) is 85.8 cm³/mol. The zero-order chi connectivity index (χ0) is 14.7. The van der Waals surface area contributed by atoms with E-state index in [1.807, 2.05) is 43.3 Å². The van der Waals surface area contributed by atoms with Gasteiger partial charge in [-0.15, -0.1) is 11.3 Å². The molecule has 0 atom stereocenters. The number of imidazole rings is 1. The summed E-state index contributed by atoms with van der Waals surface area (Å²) in [6.07, 6.45) is 1.70. The van der Waals surface area contributed by atoms with Crippen LogP contribution in [0.1, 0.15) is 26.8 Å². The van der Waals surface area contributed by atoms with Crippen LogP contribution in [0, 0.1) is 6.92 Å². The van der Waals surface area contributed by atoms with Crippen molar-refractivity contribution in [2.75, 3.05) is 6.54 Å². The average molecular weight is 299 g/mol. The number of aromatic nitrogens is 2. The maximum Gasteiger partial charge on any atom is 0.261 e. The van der Waals surface area contributed by atoms with Crippen LogP contribution in [0.3, 0.4) is 0 Å². The zero-order valence-corrected chi connectivity index (χ0v) is 12.7. The molecule has 0 fully saturated rings. The first-order valence-corrected chi connectivity index (χ1v) is 7.82. The zero-order valence-electron chi connectivity index (χ0n) is 11.8. The quantitative estimate of drug-likeness (QED) is 0.710. The standard InChI is InChI=1S/C16H17N3OS/c1-11-8-9-14(21-11)16(20)17-10-4-7-15-18-12-5-2-3-6-13(12)19-15/h2-3,5-6,8-9H,4,7,10H2,1H3,(H,17,20)(H,18,19). The highest BCUT2D eigenvalue weighted by molar-refractivity contribution is 7.13. The number of para-hydroxylation sites is 2. The second kappa shape index (κ2) is 6.10. The van der Waals surface area contributed by atoms with E-state index in [0.717, 1.165) is 39.5 Å². The Balaban J connectivity index is 1.49. The number of rotatable bonds is 5. The van der Waals surface area contributed by atoms with Gasteiger partial charge in [0.15, 0.2) is 0 Å². The molecule has 1 aromatic carbocycles. The molecule has 108 valence electrons. The number of thiophene rings is 1. The minimum absolute atomic E-state index is 0.0118. The third kappa shape index (κ3) is 3.31. The number of aryl methyl sites for hydroxylation is 2. The maximum absolute atomic E-state index is 11.9. The van der Waals surface area contributed by atoms with Gasteiger partial charge in [-0.25, -0.2) is 4.98 Å². The molecule has 5 heteroatoms. The van der Waals surface area contributed by atoms with Crippen LogP contribution in [-0.4, -0.2) is 22.4 Å². The molecule has 21 heavy (non-hydrogen) atoms. The van der Waals surface area contributed by atoms with Crippen molar-refractivity contribution in [3.8, 4) is 0 Å². The lowest BCUT2D eigenvalue weighted by atomic mass is 10.3. The number of aromatic amines is 1. The van der Waals surface area contributed by atoms with E-state index in [9.17, 15) is 4.79 Å². The number of fused-ring (bicyclic) bond motifs is 1. The minimum atomic E-state index is 0.0118. The van der Waals surface area contributed by atoms with Gasteiger partial charge in [-0.3, -0.25) is 4.79 Å². The summed E-state index contributed by atoms with van der Waals surface area (Å²) in [6, 6.07) is 11.8. The molecule has 2 heterocycles. The Morgan fingerprint density at radius 1 is 1.29 bits per heavy atom. The summed E-state index contributed by atoms with van der Waals surface area (Å²) in [5.41, 5.74) is 2.05. The van der Waals surface area contributed by atoms with Crippen LogP contribution in [0.15, 0.2) is 36.4 Å². The van der Waals surface area contributed by atoms with Gasteiger partial charge in [0.05, 0.1) is 15.9 Å². The highest BCUT2D eigenvalue weighted by Gasteiger charge is 2.07. The SMILES string of the molecule is Cc1ccc(C(=O)NCCCc2nc3ccccc3[nH]2)s1. The lowest BCUT2D eigenvalue weighted by molar-refractivity contribution is 0.0957. The molecule has 1 amide bonds. The summed E-state index contributed by atoms with van der Waals surface area (Å²) >= 11 is 1.52. The molecule has 3 rings (SSSR count). The van der Waals surface area contributed by atoms with Crippen LogP contribution < -0.4 is 5.32 Å². The Morgan fingerprint density at radius 3 is 2.90 bits per heavy atom. The van der Waals surface area contributed by atoms with E-state index in [1.54, 1.807) is 0 Å². The molecule has 0 aliphatic rings. The fourth-order valence-corrected chi connectivity index (χ4v) is 3.01. The third-order valence-electron chi connectivity index (χ3n) is 3.28. The summed E-state index contributed by atoms with van der Waals surface area (Å²) in [5.74, 6) is 0.982. The number of nitrogens with one attached hydrogen (secondary N) is 2. The number of hydrogen-bond acceptors (Lipinski definition) is 3. The predicted octanol–water partition coefficient (Wildman–Crippen LogP) is 3.30. The summed E-state index contributed by atoms with van der Waals surface area (Å²) in [4.78, 5) is 21.6. The summed E-state index contributed by atoms with van der Waals surface area (Å²) in [7, 11) is 0. The van der Waals surface area contributed by atoms with Crippen molar-refractivity contribution in [2.24, 2.45) is 0 Å². The van der Waals surface area contributed by atoms with E-state index in [2.05, 4.69) is 15.3 Å². The minimum Gasteiger partial charge on any atom is -0.351 e. The molecule has 0 bridgehead atoms. The van der Waals surface area contributed by atoms with Crippen molar-refractivity contribution < 1.29 is 4.79 Å². The molecule has 0 spiro atoms. The normalized spacial score (nSPS) is 10.9. The fraction of sp³-hybridized carbons (Fsp3) is 0.250. The summed E-state index contributed by atoms with van der Waals surface area (Å²) in [5, 5.41) is 2.95. The average Bonchev–Trinajstić information content (AvgIpc) is 3.09. The van der Waals surface area contributed by atoms with Crippen LogP contribution in [0.2, 0.25) is 0 Å². The molecule has 0 aliphatic heterocycles. The van der Waals surface area contributed by atoms with Gasteiger partial charge in [0.1, 0.15) is 5.82 Å². The Bertz CT molecular complexity index is 727. The van der Waals surface area contributed by atoms with Crippen molar-refractivity contribution in [1.82, 2.24) is 15.3 Å². The number of nitrogens with zero attached hydrogens (tertiary/aromatic N) is 1. The van der Waals surface area contributed by atoms with Crippen molar-refractivity contribution in [3.05, 3.63) is 52.0 Å². The van der Waals surface area contributed by atoms with Gasteiger partial charge >= 0.3 is 0 Å². The first-order valence-electron chi connectivity index (χ1n) is 7.00. The second-order valence-electron chi connectivity index (χ2n) is 4.97. The van der Waals surface area contributed by atoms with Gasteiger partial charge in [-0.05, 0) is 37.6 Å². The lowest BCUT2D eigenvalue weighted by Gasteiger charge is -2.02. The van der Waals surface area contributed by atoms with Crippen LogP contribution >= 0.6 is 11.3 Å². The van der Waals surface area contributed by atoms with Crippen LogP contribution in [-0.2, 0) is 6.42 Å². The molecule has 4 nitrogen and oxygen atoms in total. The third-order valence-corrected chi connectivity index (χ3v) is 4.28. The van der Waals surface area contributed by atoms with Crippen LogP contribution in [0.25, 0.3) is 11.0 Å². The first-order chi connectivity index (χ1) is 10.2. The number of H-pyrrole nitrogens is 1. The molecular formula is C16H17N3OS. The summed E-state index contributed by atoms with van der Waals surface area (Å²) in [6.45, 7) is 2.66. The van der Waals surface area contributed by atoms with Crippen molar-refractivity contribution in [2.45, 2.75) is 19.8 Å². The monoisotopic (exact) mass is 299 g/mol. The Labute approximate surface area is 127 Å². The fourth-order valence-electron chi connectivity index (χ4n) is 2.23. The van der Waals surface area contributed by atoms with Crippen LogP contribution in [0.4, 0.5) is 0 Å². The Kier molecular flexibility index (Phi) is 4.01. The van der Waals surface area contributed by atoms with E-state index in [0.29, 0.717) is 6.54 Å². The van der Waals surface area contributed by atoms with Gasteiger partial charge in [-0.2, -0.15) is 0 Å². The highest BCUT2D eigenvalue weighted by Crippen LogP contribution is 2.14. The van der Waals surface area contributed by atoms with E-state index < -0.39 is 0 Å². The van der Waals surface area contributed by atoms with Crippen LogP contribution in [0.5, 0.6) is 0 Å². The van der Waals surface area contributed by atoms with Gasteiger partial charge in [0.2, 0.25) is 0 Å². The first kappa shape index (κ1) is 13.8. The number of carbonyl (C=O) groups is 1. The van der Waals surface area contributed by atoms with Crippen molar-refractivity contribution in [1.29, 1.82) is 0 Å². The van der Waals surface area contributed by atoms with E-state index in [4.69, 9.17) is 0 Å². The molecular weight excluding hydrogens is 282 g/mol. The Hall–Kier alpha value is -2.14. The number of amides is 1. The maximum atomic E-state index is 11.9. The second-order valence-corrected chi connectivity index (χ2v) is 6.26. The van der Waals surface area contributed by atoms with Gasteiger partial charge in [0, 0.05) is 17.8 Å². The molecule has 3 aromatic rings. The molecule has 0 radical (unpaired) electrons. The largest absolute Gasteiger partial charge is 0.351 e. The molecule has 2 N–H and O–H groups in total. The van der Waals surface area contributed by atoms with Gasteiger partial charge in [0.25, 0.3) is 5.91 Å². The summed E-state index contributed by atoms with van der Waals surface area (Å²) < 4.78 is 0. The van der Waals surface area contributed by atoms with Gasteiger partial charge in [-0.1, -0.05) is 12.1 Å². The van der Waals surface area contributed by atoms with E-state index in [1.165, 1.54) is 11.3 Å².